The summed E-state index contributed by atoms with van der Waals surface area (Å²) in [7, 11) is 0. The summed E-state index contributed by atoms with van der Waals surface area (Å²) >= 11 is 12.3. The van der Waals surface area contributed by atoms with Crippen LogP contribution in [-0.2, 0) is 0 Å². The molecule has 1 aliphatic heterocycles. The molecular formula is C15H10Cl2O3. The van der Waals surface area contributed by atoms with E-state index in [1.165, 1.54) is 0 Å². The van der Waals surface area contributed by atoms with E-state index >= 15 is 0 Å². The van der Waals surface area contributed by atoms with E-state index in [1.807, 2.05) is 0 Å². The van der Waals surface area contributed by atoms with Crippen LogP contribution in [0.3, 0.4) is 0 Å². The average molecular weight is 309 g/mol. The second-order valence-corrected chi connectivity index (χ2v) is 5.16. The summed E-state index contributed by atoms with van der Waals surface area (Å²) in [6.45, 7) is 0.168. The van der Waals surface area contributed by atoms with Gasteiger partial charge in [-0.05, 0) is 29.8 Å². The van der Waals surface area contributed by atoms with E-state index in [1.54, 1.807) is 42.5 Å². The van der Waals surface area contributed by atoms with Crippen molar-refractivity contribution < 1.29 is 14.3 Å². The van der Waals surface area contributed by atoms with Crippen molar-refractivity contribution in [1.82, 2.24) is 0 Å². The fourth-order valence-electron chi connectivity index (χ4n) is 2.02. The molecule has 0 bridgehead atoms. The Bertz CT molecular complexity index is 670. The normalized spacial score (nSPS) is 14.1. The van der Waals surface area contributed by atoms with Crippen molar-refractivity contribution in [1.29, 1.82) is 0 Å². The number of ether oxygens (including phenoxy) is 2. The van der Waals surface area contributed by atoms with Crippen LogP contribution in [0, 0.1) is 0 Å². The van der Waals surface area contributed by atoms with Crippen LogP contribution in [0.25, 0.3) is 0 Å². The first-order valence-corrected chi connectivity index (χ1v) is 6.80. The highest BCUT2D eigenvalue weighted by Crippen LogP contribution is 2.36. The quantitative estimate of drug-likeness (QED) is 0.628. The summed E-state index contributed by atoms with van der Waals surface area (Å²) in [5.41, 5.74) is 1.06. The third kappa shape index (κ3) is 2.35. The monoisotopic (exact) mass is 308 g/mol. The van der Waals surface area contributed by atoms with Crippen molar-refractivity contribution >= 4 is 29.0 Å². The van der Waals surface area contributed by atoms with Crippen LogP contribution in [-0.4, -0.2) is 12.6 Å². The fraction of sp³-hybridized carbons (Fsp3) is 0.133. The van der Waals surface area contributed by atoms with Gasteiger partial charge >= 0.3 is 0 Å². The number of hydrogen-bond acceptors (Lipinski definition) is 3. The topological polar surface area (TPSA) is 35.5 Å². The molecule has 102 valence electrons. The number of fused-ring (bicyclic) bond motifs is 1. The second kappa shape index (κ2) is 5.35. The van der Waals surface area contributed by atoms with Crippen LogP contribution in [0.4, 0.5) is 0 Å². The summed E-state index contributed by atoms with van der Waals surface area (Å²) in [5, 5.41) is -0.356. The van der Waals surface area contributed by atoms with Gasteiger partial charge in [-0.15, -0.1) is 11.6 Å². The maximum Gasteiger partial charge on any atom is 0.231 e. The van der Waals surface area contributed by atoms with Crippen molar-refractivity contribution in [3.63, 3.8) is 0 Å². The number of alkyl halides is 1. The second-order valence-electron chi connectivity index (χ2n) is 4.32. The first-order valence-electron chi connectivity index (χ1n) is 5.99. The Balaban J connectivity index is 1.91. The molecule has 1 heterocycles. The number of benzene rings is 2. The minimum Gasteiger partial charge on any atom is -0.454 e. The SMILES string of the molecule is O=C(c1ccc2c(c1)OCO2)C(Cl)c1ccccc1Cl. The van der Waals surface area contributed by atoms with Gasteiger partial charge in [-0.1, -0.05) is 29.8 Å². The Morgan fingerprint density at radius 2 is 1.85 bits per heavy atom. The van der Waals surface area contributed by atoms with Crippen LogP contribution in [0.1, 0.15) is 21.3 Å². The lowest BCUT2D eigenvalue weighted by atomic mass is 10.0. The first kappa shape index (κ1) is 13.3. The van der Waals surface area contributed by atoms with Gasteiger partial charge in [0, 0.05) is 10.6 Å². The van der Waals surface area contributed by atoms with Crippen LogP contribution in [0.15, 0.2) is 42.5 Å². The highest BCUT2D eigenvalue weighted by molar-refractivity contribution is 6.37. The van der Waals surface area contributed by atoms with Crippen LogP contribution in [0.2, 0.25) is 5.02 Å². The minimum absolute atomic E-state index is 0.168. The molecule has 2 aromatic carbocycles. The number of Topliss-reactive ketones (excluding diaryl/α,β-unsaturated/α-hetero) is 1. The predicted octanol–water partition coefficient (Wildman–Crippen LogP) is 4.23. The molecule has 0 saturated heterocycles. The average Bonchev–Trinajstić information content (AvgIpc) is 2.93. The van der Waals surface area contributed by atoms with Crippen LogP contribution in [0.5, 0.6) is 11.5 Å². The molecule has 0 amide bonds. The van der Waals surface area contributed by atoms with Gasteiger partial charge in [-0.25, -0.2) is 0 Å². The number of carbonyl (C=O) groups is 1. The van der Waals surface area contributed by atoms with E-state index < -0.39 is 5.38 Å². The Kier molecular flexibility index (Phi) is 3.55. The van der Waals surface area contributed by atoms with E-state index in [4.69, 9.17) is 32.7 Å². The number of halogens is 2. The molecule has 0 saturated carbocycles. The van der Waals surface area contributed by atoms with E-state index in [-0.39, 0.29) is 12.6 Å². The molecule has 1 aliphatic rings. The third-order valence-electron chi connectivity index (χ3n) is 3.07. The zero-order valence-corrected chi connectivity index (χ0v) is 11.8. The van der Waals surface area contributed by atoms with Gasteiger partial charge in [0.05, 0.1) is 0 Å². The molecule has 0 radical (unpaired) electrons. The summed E-state index contributed by atoms with van der Waals surface area (Å²) < 4.78 is 10.5. The molecule has 5 heteroatoms. The minimum atomic E-state index is -0.830. The molecule has 0 spiro atoms. The lowest BCUT2D eigenvalue weighted by molar-refractivity contribution is 0.0986. The van der Waals surface area contributed by atoms with Crippen molar-refractivity contribution in [2.45, 2.75) is 5.38 Å². The smallest absolute Gasteiger partial charge is 0.231 e. The van der Waals surface area contributed by atoms with E-state index in [0.29, 0.717) is 27.6 Å². The van der Waals surface area contributed by atoms with Gasteiger partial charge in [-0.3, -0.25) is 4.79 Å². The van der Waals surface area contributed by atoms with Crippen LogP contribution >= 0.6 is 23.2 Å². The molecule has 0 fully saturated rings. The van der Waals surface area contributed by atoms with Crippen LogP contribution < -0.4 is 9.47 Å². The lowest BCUT2D eigenvalue weighted by Gasteiger charge is -2.11. The molecule has 0 aliphatic carbocycles. The summed E-state index contributed by atoms with van der Waals surface area (Å²) in [6, 6.07) is 12.0. The summed E-state index contributed by atoms with van der Waals surface area (Å²) in [5.74, 6) is 0.961. The predicted molar refractivity (Wildman–Crippen MR) is 76.9 cm³/mol. The first-order chi connectivity index (χ1) is 9.66. The Hall–Kier alpha value is -1.71. The summed E-state index contributed by atoms with van der Waals surface area (Å²) in [6.07, 6.45) is 0. The molecule has 2 aromatic rings. The van der Waals surface area contributed by atoms with Crippen molar-refractivity contribution in [3.05, 3.63) is 58.6 Å². The van der Waals surface area contributed by atoms with E-state index in [9.17, 15) is 4.79 Å². The van der Waals surface area contributed by atoms with Gasteiger partial charge < -0.3 is 9.47 Å². The zero-order chi connectivity index (χ0) is 14.1. The van der Waals surface area contributed by atoms with Gasteiger partial charge in [0.25, 0.3) is 0 Å². The molecule has 3 nitrogen and oxygen atoms in total. The molecule has 1 atom stereocenters. The highest BCUT2D eigenvalue weighted by Gasteiger charge is 2.23. The van der Waals surface area contributed by atoms with E-state index in [2.05, 4.69) is 0 Å². The van der Waals surface area contributed by atoms with Gasteiger partial charge in [0.2, 0.25) is 6.79 Å². The molecular weight excluding hydrogens is 299 g/mol. The van der Waals surface area contributed by atoms with Gasteiger partial charge in [0.1, 0.15) is 5.38 Å². The maximum absolute atomic E-state index is 12.4. The molecule has 3 rings (SSSR count). The molecule has 0 aromatic heterocycles. The van der Waals surface area contributed by atoms with Crippen molar-refractivity contribution in [2.24, 2.45) is 0 Å². The third-order valence-corrected chi connectivity index (χ3v) is 3.84. The summed E-state index contributed by atoms with van der Waals surface area (Å²) in [4.78, 5) is 12.4. The molecule has 20 heavy (non-hydrogen) atoms. The standard InChI is InChI=1S/C15H10Cl2O3/c16-11-4-2-1-3-10(11)14(17)15(18)9-5-6-12-13(7-9)20-8-19-12/h1-7,14H,8H2. The maximum atomic E-state index is 12.4. The van der Waals surface area contributed by atoms with Crippen molar-refractivity contribution in [2.75, 3.05) is 6.79 Å². The lowest BCUT2D eigenvalue weighted by Crippen LogP contribution is -2.08. The molecule has 0 N–H and O–H groups in total. The zero-order valence-electron chi connectivity index (χ0n) is 10.3. The largest absolute Gasteiger partial charge is 0.454 e. The Labute approximate surface area is 126 Å². The number of hydrogen-bond donors (Lipinski definition) is 0. The number of carbonyl (C=O) groups excluding carboxylic acids is 1. The van der Waals surface area contributed by atoms with E-state index in [0.717, 1.165) is 0 Å². The highest BCUT2D eigenvalue weighted by atomic mass is 35.5. The Morgan fingerprint density at radius 1 is 1.10 bits per heavy atom. The molecule has 1 unspecified atom stereocenters. The number of ketones is 1. The van der Waals surface area contributed by atoms with Crippen molar-refractivity contribution in [3.8, 4) is 11.5 Å². The number of rotatable bonds is 3. The fourth-order valence-corrected chi connectivity index (χ4v) is 2.63. The van der Waals surface area contributed by atoms with Gasteiger partial charge in [0.15, 0.2) is 17.3 Å². The van der Waals surface area contributed by atoms with Gasteiger partial charge in [-0.2, -0.15) is 0 Å². The Morgan fingerprint density at radius 3 is 2.65 bits per heavy atom.